The molecule has 0 spiro atoms. The summed E-state index contributed by atoms with van der Waals surface area (Å²) in [4.78, 5) is 23.4. The molecule has 0 aliphatic carbocycles. The first-order valence-corrected chi connectivity index (χ1v) is 7.19. The maximum atomic E-state index is 12.1. The summed E-state index contributed by atoms with van der Waals surface area (Å²) in [6.45, 7) is 1.61. The molecule has 2 aromatic rings. The number of hydrogen-bond acceptors (Lipinski definition) is 4. The standard InChI is InChI=1S/C18H16N2O3/c1-2-18(22)20-15-9-7-13(8-10-15)16(21)12-23-17-6-4-3-5-14(17)11-19/h3-10H,2,12H2,1H3,(H,20,22). The third-order valence-corrected chi connectivity index (χ3v) is 3.18. The Balaban J connectivity index is 1.98. The predicted molar refractivity (Wildman–Crippen MR) is 86.3 cm³/mol. The van der Waals surface area contributed by atoms with Crippen LogP contribution in [0.4, 0.5) is 5.69 Å². The first-order valence-electron chi connectivity index (χ1n) is 7.19. The molecule has 116 valence electrons. The molecular weight excluding hydrogens is 292 g/mol. The highest BCUT2D eigenvalue weighted by molar-refractivity contribution is 5.98. The van der Waals surface area contributed by atoms with Crippen LogP contribution in [0.5, 0.6) is 5.75 Å². The van der Waals surface area contributed by atoms with Crippen LogP contribution in [0.25, 0.3) is 0 Å². The molecule has 0 atom stereocenters. The first-order chi connectivity index (χ1) is 11.1. The van der Waals surface area contributed by atoms with Gasteiger partial charge in [-0.3, -0.25) is 9.59 Å². The average Bonchev–Trinajstić information content (AvgIpc) is 2.60. The Morgan fingerprint density at radius 3 is 2.48 bits per heavy atom. The maximum Gasteiger partial charge on any atom is 0.224 e. The summed E-state index contributed by atoms with van der Waals surface area (Å²) in [5, 5.41) is 11.7. The van der Waals surface area contributed by atoms with Gasteiger partial charge in [0.1, 0.15) is 11.8 Å². The number of carbonyl (C=O) groups is 2. The number of hydrogen-bond donors (Lipinski definition) is 1. The highest BCUT2D eigenvalue weighted by atomic mass is 16.5. The van der Waals surface area contributed by atoms with Gasteiger partial charge in [0.15, 0.2) is 12.4 Å². The monoisotopic (exact) mass is 308 g/mol. The number of ketones is 1. The maximum absolute atomic E-state index is 12.1. The molecular formula is C18H16N2O3. The number of nitrogens with zero attached hydrogens (tertiary/aromatic N) is 1. The molecule has 0 unspecified atom stereocenters. The minimum Gasteiger partial charge on any atom is -0.484 e. The zero-order chi connectivity index (χ0) is 16.7. The van der Waals surface area contributed by atoms with Gasteiger partial charge in [0, 0.05) is 17.7 Å². The van der Waals surface area contributed by atoms with Crippen LogP contribution in [0.3, 0.4) is 0 Å². The van der Waals surface area contributed by atoms with Gasteiger partial charge in [0.2, 0.25) is 5.91 Å². The van der Waals surface area contributed by atoms with E-state index in [1.807, 2.05) is 6.07 Å². The van der Waals surface area contributed by atoms with Crippen LogP contribution in [0.15, 0.2) is 48.5 Å². The molecule has 0 aliphatic heterocycles. The molecule has 5 heteroatoms. The van der Waals surface area contributed by atoms with E-state index in [1.54, 1.807) is 55.5 Å². The fourth-order valence-corrected chi connectivity index (χ4v) is 1.90. The summed E-state index contributed by atoms with van der Waals surface area (Å²) >= 11 is 0. The summed E-state index contributed by atoms with van der Waals surface area (Å²) in [5.74, 6) is 0.0989. The van der Waals surface area contributed by atoms with Crippen LogP contribution in [0, 0.1) is 11.3 Å². The van der Waals surface area contributed by atoms with Gasteiger partial charge in [-0.1, -0.05) is 19.1 Å². The second-order valence-corrected chi connectivity index (χ2v) is 4.80. The van der Waals surface area contributed by atoms with Crippen LogP contribution in [0.2, 0.25) is 0 Å². The second-order valence-electron chi connectivity index (χ2n) is 4.80. The van der Waals surface area contributed by atoms with Crippen LogP contribution in [-0.4, -0.2) is 18.3 Å². The van der Waals surface area contributed by atoms with Crippen molar-refractivity contribution in [2.45, 2.75) is 13.3 Å². The lowest BCUT2D eigenvalue weighted by Crippen LogP contribution is -2.13. The number of carbonyl (C=O) groups excluding carboxylic acids is 2. The molecule has 2 aromatic carbocycles. The Bertz CT molecular complexity index is 746. The number of nitrogens with one attached hydrogen (secondary N) is 1. The van der Waals surface area contributed by atoms with Crippen molar-refractivity contribution in [3.63, 3.8) is 0 Å². The number of anilines is 1. The molecule has 0 aliphatic rings. The zero-order valence-corrected chi connectivity index (χ0v) is 12.7. The van der Waals surface area contributed by atoms with Crippen molar-refractivity contribution in [2.75, 3.05) is 11.9 Å². The average molecular weight is 308 g/mol. The SMILES string of the molecule is CCC(=O)Nc1ccc(C(=O)COc2ccccc2C#N)cc1. The summed E-state index contributed by atoms with van der Waals surface area (Å²) in [7, 11) is 0. The first kappa shape index (κ1) is 16.2. The van der Waals surface area contributed by atoms with Crippen LogP contribution >= 0.6 is 0 Å². The van der Waals surface area contributed by atoms with E-state index < -0.39 is 0 Å². The molecule has 0 bridgehead atoms. The molecule has 2 rings (SSSR count). The van der Waals surface area contributed by atoms with Gasteiger partial charge in [0.25, 0.3) is 0 Å². The van der Waals surface area contributed by atoms with Crippen molar-refractivity contribution in [1.29, 1.82) is 5.26 Å². The van der Waals surface area contributed by atoms with Crippen molar-refractivity contribution in [3.8, 4) is 11.8 Å². The van der Waals surface area contributed by atoms with E-state index in [-0.39, 0.29) is 18.3 Å². The number of ether oxygens (including phenoxy) is 1. The highest BCUT2D eigenvalue weighted by Gasteiger charge is 2.09. The summed E-state index contributed by atoms with van der Waals surface area (Å²) < 4.78 is 5.41. The van der Waals surface area contributed by atoms with E-state index in [0.29, 0.717) is 29.0 Å². The van der Waals surface area contributed by atoms with Gasteiger partial charge < -0.3 is 10.1 Å². The van der Waals surface area contributed by atoms with E-state index in [2.05, 4.69) is 5.32 Å². The Hall–Kier alpha value is -3.13. The highest BCUT2D eigenvalue weighted by Crippen LogP contribution is 2.17. The van der Waals surface area contributed by atoms with Gasteiger partial charge in [-0.15, -0.1) is 0 Å². The van der Waals surface area contributed by atoms with Crippen molar-refractivity contribution >= 4 is 17.4 Å². The van der Waals surface area contributed by atoms with E-state index in [9.17, 15) is 9.59 Å². The van der Waals surface area contributed by atoms with E-state index in [4.69, 9.17) is 10.00 Å². The van der Waals surface area contributed by atoms with Crippen molar-refractivity contribution < 1.29 is 14.3 Å². The third-order valence-electron chi connectivity index (χ3n) is 3.18. The lowest BCUT2D eigenvalue weighted by Gasteiger charge is -2.08. The molecule has 0 radical (unpaired) electrons. The molecule has 0 aromatic heterocycles. The molecule has 5 nitrogen and oxygen atoms in total. The van der Waals surface area contributed by atoms with E-state index in [0.717, 1.165) is 0 Å². The number of benzene rings is 2. The molecule has 0 saturated heterocycles. The zero-order valence-electron chi connectivity index (χ0n) is 12.7. The fraction of sp³-hybridized carbons (Fsp3) is 0.167. The Kier molecular flexibility index (Phi) is 5.48. The minimum atomic E-state index is -0.203. The molecule has 0 heterocycles. The Morgan fingerprint density at radius 2 is 1.83 bits per heavy atom. The van der Waals surface area contributed by atoms with E-state index in [1.165, 1.54) is 0 Å². The van der Waals surface area contributed by atoms with Crippen LogP contribution in [-0.2, 0) is 4.79 Å². The summed E-state index contributed by atoms with van der Waals surface area (Å²) in [5.41, 5.74) is 1.51. The van der Waals surface area contributed by atoms with Crippen LogP contribution < -0.4 is 10.1 Å². The number of nitriles is 1. The van der Waals surface area contributed by atoms with Crippen molar-refractivity contribution in [1.82, 2.24) is 0 Å². The lowest BCUT2D eigenvalue weighted by atomic mass is 10.1. The van der Waals surface area contributed by atoms with E-state index >= 15 is 0 Å². The second kappa shape index (κ2) is 7.76. The van der Waals surface area contributed by atoms with Gasteiger partial charge in [-0.05, 0) is 36.4 Å². The van der Waals surface area contributed by atoms with Crippen molar-refractivity contribution in [2.24, 2.45) is 0 Å². The number of amides is 1. The van der Waals surface area contributed by atoms with Gasteiger partial charge in [-0.25, -0.2) is 0 Å². The normalized spacial score (nSPS) is 9.74. The number of rotatable bonds is 6. The minimum absolute atomic E-state index is 0.0829. The predicted octanol–water partition coefficient (Wildman–Crippen LogP) is 3.17. The summed E-state index contributed by atoms with van der Waals surface area (Å²) in [6.07, 6.45) is 0.396. The lowest BCUT2D eigenvalue weighted by molar-refractivity contribution is -0.115. The number of para-hydroxylation sites is 1. The Labute approximate surface area is 134 Å². The smallest absolute Gasteiger partial charge is 0.224 e. The largest absolute Gasteiger partial charge is 0.484 e. The molecule has 0 saturated carbocycles. The van der Waals surface area contributed by atoms with Gasteiger partial charge in [0.05, 0.1) is 5.56 Å². The molecule has 1 amide bonds. The summed E-state index contributed by atoms with van der Waals surface area (Å²) in [6, 6.07) is 15.4. The number of Topliss-reactive ketones (excluding diaryl/α,β-unsaturated/α-hetero) is 1. The molecule has 0 fully saturated rings. The Morgan fingerprint density at radius 1 is 1.13 bits per heavy atom. The molecule has 1 N–H and O–H groups in total. The quantitative estimate of drug-likeness (QED) is 0.831. The fourth-order valence-electron chi connectivity index (χ4n) is 1.90. The molecule has 23 heavy (non-hydrogen) atoms. The van der Waals surface area contributed by atoms with Crippen molar-refractivity contribution in [3.05, 3.63) is 59.7 Å². The topological polar surface area (TPSA) is 79.2 Å². The van der Waals surface area contributed by atoms with Gasteiger partial charge in [-0.2, -0.15) is 5.26 Å². The van der Waals surface area contributed by atoms with Crippen LogP contribution in [0.1, 0.15) is 29.3 Å². The third kappa shape index (κ3) is 4.42. The van der Waals surface area contributed by atoms with Gasteiger partial charge >= 0.3 is 0 Å².